The monoisotopic (exact) mass is 408 g/mol. The zero-order valence-electron chi connectivity index (χ0n) is 13.9. The van der Waals surface area contributed by atoms with Crippen LogP contribution in [-0.4, -0.2) is 12.1 Å². The Morgan fingerprint density at radius 2 is 1.69 bits per heavy atom. The molecule has 0 bridgehead atoms. The molecule has 0 aliphatic heterocycles. The Morgan fingerprint density at radius 3 is 2.42 bits per heavy atom. The zero-order chi connectivity index (χ0) is 18.2. The summed E-state index contributed by atoms with van der Waals surface area (Å²) in [6, 6.07) is 24.7. The Hall–Kier alpha value is -2.92. The molecule has 1 amide bonds. The van der Waals surface area contributed by atoms with E-state index >= 15 is 0 Å². The number of carbonyl (C=O) groups is 1. The summed E-state index contributed by atoms with van der Waals surface area (Å²) in [6.07, 6.45) is 1.60. The van der Waals surface area contributed by atoms with E-state index in [9.17, 15) is 4.79 Å². The first-order valence-corrected chi connectivity index (χ1v) is 8.86. The summed E-state index contributed by atoms with van der Waals surface area (Å²) in [5, 5.41) is 4.01. The minimum Gasteiger partial charge on any atom is -0.488 e. The molecule has 0 radical (unpaired) electrons. The molecule has 0 spiro atoms. The lowest BCUT2D eigenvalue weighted by Crippen LogP contribution is -2.18. The summed E-state index contributed by atoms with van der Waals surface area (Å²) in [5.41, 5.74) is 4.90. The Kier molecular flexibility index (Phi) is 6.17. The van der Waals surface area contributed by atoms with Gasteiger partial charge in [0.1, 0.15) is 12.4 Å². The lowest BCUT2D eigenvalue weighted by Gasteiger charge is -2.11. The SMILES string of the molecule is O=C(N/N=C\c1ccccc1)c1cc(Br)ccc1OCc1ccccc1. The third-order valence-corrected chi connectivity index (χ3v) is 4.10. The lowest BCUT2D eigenvalue weighted by atomic mass is 10.2. The van der Waals surface area contributed by atoms with Gasteiger partial charge in [0, 0.05) is 4.47 Å². The summed E-state index contributed by atoms with van der Waals surface area (Å²) in [7, 11) is 0. The third-order valence-electron chi connectivity index (χ3n) is 3.60. The van der Waals surface area contributed by atoms with Crippen LogP contribution in [0.3, 0.4) is 0 Å². The van der Waals surface area contributed by atoms with Gasteiger partial charge < -0.3 is 4.74 Å². The first kappa shape index (κ1) is 17.9. The van der Waals surface area contributed by atoms with Crippen molar-refractivity contribution in [3.8, 4) is 5.75 Å². The highest BCUT2D eigenvalue weighted by Gasteiger charge is 2.13. The standard InChI is InChI=1S/C21H17BrN2O2/c22-18-11-12-20(26-15-17-9-5-2-6-10-17)19(13-18)21(25)24-23-14-16-7-3-1-4-8-16/h1-14H,15H2,(H,24,25)/b23-14-. The molecule has 0 saturated carbocycles. The van der Waals surface area contributed by atoms with Gasteiger partial charge in [-0.05, 0) is 29.3 Å². The largest absolute Gasteiger partial charge is 0.488 e. The van der Waals surface area contributed by atoms with Crippen molar-refractivity contribution in [2.24, 2.45) is 5.10 Å². The molecule has 3 aromatic carbocycles. The molecule has 5 heteroatoms. The van der Waals surface area contributed by atoms with Crippen LogP contribution in [-0.2, 0) is 6.61 Å². The van der Waals surface area contributed by atoms with Crippen LogP contribution in [0.2, 0.25) is 0 Å². The number of hydrogen-bond acceptors (Lipinski definition) is 3. The maximum Gasteiger partial charge on any atom is 0.275 e. The van der Waals surface area contributed by atoms with Crippen molar-refractivity contribution in [3.63, 3.8) is 0 Å². The second-order valence-corrected chi connectivity index (χ2v) is 6.44. The number of carbonyl (C=O) groups excluding carboxylic acids is 1. The maximum absolute atomic E-state index is 12.5. The van der Waals surface area contributed by atoms with E-state index in [2.05, 4.69) is 26.5 Å². The van der Waals surface area contributed by atoms with Crippen molar-refractivity contribution in [1.29, 1.82) is 0 Å². The van der Waals surface area contributed by atoms with E-state index in [0.717, 1.165) is 15.6 Å². The predicted octanol–water partition coefficient (Wildman–Crippen LogP) is 4.79. The van der Waals surface area contributed by atoms with Crippen molar-refractivity contribution in [1.82, 2.24) is 5.43 Å². The number of nitrogens with one attached hydrogen (secondary N) is 1. The Bertz CT molecular complexity index is 896. The van der Waals surface area contributed by atoms with E-state index < -0.39 is 0 Å². The minimum absolute atomic E-state index is 0.332. The van der Waals surface area contributed by atoms with E-state index in [4.69, 9.17) is 4.74 Å². The number of amides is 1. The highest BCUT2D eigenvalue weighted by molar-refractivity contribution is 9.10. The molecule has 0 aromatic heterocycles. The van der Waals surface area contributed by atoms with Gasteiger partial charge in [-0.1, -0.05) is 76.6 Å². The molecule has 0 aliphatic rings. The fourth-order valence-corrected chi connectivity index (χ4v) is 2.67. The van der Waals surface area contributed by atoms with Gasteiger partial charge in [0.25, 0.3) is 5.91 Å². The Morgan fingerprint density at radius 1 is 1.00 bits per heavy atom. The molecule has 0 aliphatic carbocycles. The molecular weight excluding hydrogens is 392 g/mol. The Labute approximate surface area is 160 Å². The summed E-state index contributed by atoms with van der Waals surface area (Å²) in [4.78, 5) is 12.5. The quantitative estimate of drug-likeness (QED) is 0.470. The van der Waals surface area contributed by atoms with Gasteiger partial charge in [-0.3, -0.25) is 4.79 Å². The van der Waals surface area contributed by atoms with E-state index in [1.54, 1.807) is 18.3 Å². The van der Waals surface area contributed by atoms with Crippen LogP contribution in [0.4, 0.5) is 0 Å². The zero-order valence-corrected chi connectivity index (χ0v) is 15.5. The molecule has 26 heavy (non-hydrogen) atoms. The molecular formula is C21H17BrN2O2. The highest BCUT2D eigenvalue weighted by atomic mass is 79.9. The number of nitrogens with zero attached hydrogens (tertiary/aromatic N) is 1. The predicted molar refractivity (Wildman–Crippen MR) is 106 cm³/mol. The number of hydrazone groups is 1. The molecule has 0 unspecified atom stereocenters. The van der Waals surface area contributed by atoms with Crippen LogP contribution in [0.15, 0.2) is 88.4 Å². The van der Waals surface area contributed by atoms with Crippen LogP contribution in [0, 0.1) is 0 Å². The van der Waals surface area contributed by atoms with Crippen LogP contribution in [0.5, 0.6) is 5.75 Å². The van der Waals surface area contributed by atoms with E-state index in [-0.39, 0.29) is 5.91 Å². The van der Waals surface area contributed by atoms with Crippen molar-refractivity contribution in [2.75, 3.05) is 0 Å². The first-order chi connectivity index (χ1) is 12.7. The molecule has 4 nitrogen and oxygen atoms in total. The van der Waals surface area contributed by atoms with Crippen molar-refractivity contribution < 1.29 is 9.53 Å². The summed E-state index contributed by atoms with van der Waals surface area (Å²) in [6.45, 7) is 0.385. The molecule has 1 N–H and O–H groups in total. The second-order valence-electron chi connectivity index (χ2n) is 5.52. The van der Waals surface area contributed by atoms with Gasteiger partial charge in [0.2, 0.25) is 0 Å². The second kappa shape index (κ2) is 8.97. The molecule has 3 rings (SSSR count). The molecule has 3 aromatic rings. The van der Waals surface area contributed by atoms with E-state index in [1.807, 2.05) is 66.7 Å². The van der Waals surface area contributed by atoms with Gasteiger partial charge in [0.05, 0.1) is 11.8 Å². The molecule has 0 saturated heterocycles. The highest BCUT2D eigenvalue weighted by Crippen LogP contribution is 2.24. The van der Waals surface area contributed by atoms with E-state index in [1.165, 1.54) is 0 Å². The number of hydrogen-bond donors (Lipinski definition) is 1. The third kappa shape index (κ3) is 5.04. The minimum atomic E-state index is -0.332. The molecule has 0 atom stereocenters. The number of benzene rings is 3. The summed E-state index contributed by atoms with van der Waals surface area (Å²) >= 11 is 3.39. The van der Waals surface area contributed by atoms with Crippen LogP contribution < -0.4 is 10.2 Å². The lowest BCUT2D eigenvalue weighted by molar-refractivity contribution is 0.0950. The smallest absolute Gasteiger partial charge is 0.275 e. The van der Waals surface area contributed by atoms with Crippen LogP contribution >= 0.6 is 15.9 Å². The van der Waals surface area contributed by atoms with Gasteiger partial charge >= 0.3 is 0 Å². The maximum atomic E-state index is 12.5. The van der Waals surface area contributed by atoms with E-state index in [0.29, 0.717) is 17.9 Å². The number of halogens is 1. The fourth-order valence-electron chi connectivity index (χ4n) is 2.31. The van der Waals surface area contributed by atoms with Gasteiger partial charge in [0.15, 0.2) is 0 Å². The molecule has 0 fully saturated rings. The summed E-state index contributed by atoms with van der Waals surface area (Å²) in [5.74, 6) is 0.172. The van der Waals surface area contributed by atoms with Gasteiger partial charge in [-0.25, -0.2) is 5.43 Å². The van der Waals surface area contributed by atoms with Crippen LogP contribution in [0.25, 0.3) is 0 Å². The molecule has 0 heterocycles. The average molecular weight is 409 g/mol. The van der Waals surface area contributed by atoms with Crippen molar-refractivity contribution >= 4 is 28.1 Å². The first-order valence-electron chi connectivity index (χ1n) is 8.07. The number of rotatable bonds is 6. The van der Waals surface area contributed by atoms with Gasteiger partial charge in [-0.2, -0.15) is 5.10 Å². The van der Waals surface area contributed by atoms with Gasteiger partial charge in [-0.15, -0.1) is 0 Å². The molecule has 130 valence electrons. The summed E-state index contributed by atoms with van der Waals surface area (Å²) < 4.78 is 6.62. The topological polar surface area (TPSA) is 50.7 Å². The normalized spacial score (nSPS) is 10.7. The van der Waals surface area contributed by atoms with Crippen molar-refractivity contribution in [2.45, 2.75) is 6.61 Å². The van der Waals surface area contributed by atoms with Crippen LogP contribution in [0.1, 0.15) is 21.5 Å². The number of ether oxygens (including phenoxy) is 1. The Balaban J connectivity index is 1.70. The average Bonchev–Trinajstić information content (AvgIpc) is 2.68. The van der Waals surface area contributed by atoms with Crippen molar-refractivity contribution in [3.05, 3.63) is 100 Å². The fraction of sp³-hybridized carbons (Fsp3) is 0.0476.